The maximum Gasteiger partial charge on any atom is 0.337 e. The van der Waals surface area contributed by atoms with Gasteiger partial charge in [0.1, 0.15) is 23.9 Å². The number of ketones is 1. The van der Waals surface area contributed by atoms with Crippen LogP contribution in [0.4, 0.5) is 0 Å². The zero-order valence-electron chi connectivity index (χ0n) is 19.5. The second-order valence-electron chi connectivity index (χ2n) is 8.15. The Morgan fingerprint density at radius 3 is 2.51 bits per heavy atom. The average molecular weight is 469 g/mol. The van der Waals surface area contributed by atoms with Gasteiger partial charge in [0, 0.05) is 35.8 Å². The quantitative estimate of drug-likeness (QED) is 0.287. The van der Waals surface area contributed by atoms with E-state index in [1.54, 1.807) is 55.7 Å². The van der Waals surface area contributed by atoms with Crippen molar-refractivity contribution in [2.75, 3.05) is 14.2 Å². The van der Waals surface area contributed by atoms with E-state index in [0.717, 1.165) is 27.8 Å². The standard InChI is InChI=1S/C28H23NO6/c1-29-15-19(23-13-20(32-2)9-11-24(23)29)12-26-27(30)22-10-8-21(14-25(22)35-26)34-16-17-4-6-18(7-5-17)28(31)33-3/h4-15H,16H2,1-3H3/b26-12-. The summed E-state index contributed by atoms with van der Waals surface area (Å²) < 4.78 is 23.9. The molecule has 0 aliphatic carbocycles. The average Bonchev–Trinajstić information content (AvgIpc) is 3.37. The molecule has 0 N–H and O–H groups in total. The highest BCUT2D eigenvalue weighted by Crippen LogP contribution is 2.36. The number of rotatable bonds is 6. The molecule has 3 aromatic carbocycles. The smallest absolute Gasteiger partial charge is 0.337 e. The minimum atomic E-state index is -0.385. The number of nitrogens with zero attached hydrogens (tertiary/aromatic N) is 1. The van der Waals surface area contributed by atoms with E-state index in [2.05, 4.69) is 0 Å². The van der Waals surface area contributed by atoms with Gasteiger partial charge >= 0.3 is 5.97 Å². The Hall–Kier alpha value is -4.52. The largest absolute Gasteiger partial charge is 0.497 e. The molecule has 0 saturated carbocycles. The Labute approximate surface area is 202 Å². The molecule has 2 heterocycles. The van der Waals surface area contributed by atoms with Crippen LogP contribution in [-0.2, 0) is 18.4 Å². The lowest BCUT2D eigenvalue weighted by Crippen LogP contribution is -2.02. The number of carbonyl (C=O) groups excluding carboxylic acids is 2. The molecule has 7 nitrogen and oxygen atoms in total. The molecule has 0 radical (unpaired) electrons. The van der Waals surface area contributed by atoms with E-state index in [0.29, 0.717) is 29.2 Å². The van der Waals surface area contributed by atoms with Gasteiger partial charge < -0.3 is 23.5 Å². The minimum absolute atomic E-state index is 0.176. The van der Waals surface area contributed by atoms with Gasteiger partial charge in [-0.2, -0.15) is 0 Å². The highest BCUT2D eigenvalue weighted by molar-refractivity contribution is 6.15. The molecule has 4 aromatic rings. The van der Waals surface area contributed by atoms with Gasteiger partial charge in [0.05, 0.1) is 25.3 Å². The molecule has 0 bridgehead atoms. The van der Waals surface area contributed by atoms with Crippen molar-refractivity contribution in [3.8, 4) is 17.2 Å². The van der Waals surface area contributed by atoms with Gasteiger partial charge in [0.15, 0.2) is 5.76 Å². The third-order valence-corrected chi connectivity index (χ3v) is 5.94. The zero-order chi connectivity index (χ0) is 24.5. The summed E-state index contributed by atoms with van der Waals surface area (Å²) in [6.07, 6.45) is 3.71. The highest BCUT2D eigenvalue weighted by Gasteiger charge is 2.28. The number of benzene rings is 3. The van der Waals surface area contributed by atoms with Crippen molar-refractivity contribution in [1.29, 1.82) is 0 Å². The summed E-state index contributed by atoms with van der Waals surface area (Å²) in [5.74, 6) is 1.47. The summed E-state index contributed by atoms with van der Waals surface area (Å²) >= 11 is 0. The second-order valence-corrected chi connectivity index (χ2v) is 8.15. The number of carbonyl (C=O) groups is 2. The lowest BCUT2D eigenvalue weighted by atomic mass is 10.1. The molecule has 7 heteroatoms. The molecule has 1 aliphatic heterocycles. The summed E-state index contributed by atoms with van der Waals surface area (Å²) in [6, 6.07) is 18.0. The molecule has 0 amide bonds. The van der Waals surface area contributed by atoms with Crippen molar-refractivity contribution < 1.29 is 28.5 Å². The second kappa shape index (κ2) is 9.02. The molecule has 1 aromatic heterocycles. The molecule has 1 aliphatic rings. The van der Waals surface area contributed by atoms with Crippen LogP contribution in [0.1, 0.15) is 31.8 Å². The Morgan fingerprint density at radius 2 is 1.77 bits per heavy atom. The Bertz CT molecular complexity index is 1480. The fraction of sp³-hybridized carbons (Fsp3) is 0.143. The van der Waals surface area contributed by atoms with Gasteiger partial charge in [-0.05, 0) is 54.1 Å². The molecular weight excluding hydrogens is 446 g/mol. The third kappa shape index (κ3) is 4.24. The van der Waals surface area contributed by atoms with Crippen LogP contribution in [-0.4, -0.2) is 30.5 Å². The van der Waals surface area contributed by atoms with Gasteiger partial charge in [-0.1, -0.05) is 12.1 Å². The zero-order valence-corrected chi connectivity index (χ0v) is 19.5. The van der Waals surface area contributed by atoms with Crippen LogP contribution in [0, 0.1) is 0 Å². The topological polar surface area (TPSA) is 76.0 Å². The summed E-state index contributed by atoms with van der Waals surface area (Å²) in [5, 5.41) is 0.967. The number of allylic oxidation sites excluding steroid dienone is 1. The molecule has 0 atom stereocenters. The molecule has 35 heavy (non-hydrogen) atoms. The highest BCUT2D eigenvalue weighted by atomic mass is 16.5. The molecule has 5 rings (SSSR count). The molecule has 176 valence electrons. The van der Waals surface area contributed by atoms with Crippen LogP contribution in [0.5, 0.6) is 17.2 Å². The van der Waals surface area contributed by atoms with E-state index in [9.17, 15) is 9.59 Å². The number of esters is 1. The Balaban J connectivity index is 1.34. The monoisotopic (exact) mass is 469 g/mol. The van der Waals surface area contributed by atoms with Crippen molar-refractivity contribution in [1.82, 2.24) is 4.57 Å². The third-order valence-electron chi connectivity index (χ3n) is 5.94. The van der Waals surface area contributed by atoms with Crippen molar-refractivity contribution in [2.24, 2.45) is 7.05 Å². The van der Waals surface area contributed by atoms with Gasteiger partial charge in [0.25, 0.3) is 0 Å². The number of methoxy groups -OCH3 is 2. The lowest BCUT2D eigenvalue weighted by Gasteiger charge is -2.08. The van der Waals surface area contributed by atoms with Crippen LogP contribution in [0.25, 0.3) is 17.0 Å². The first kappa shape index (κ1) is 22.3. The van der Waals surface area contributed by atoms with E-state index in [1.165, 1.54) is 7.11 Å². The van der Waals surface area contributed by atoms with E-state index < -0.39 is 0 Å². The molecule has 0 spiro atoms. The van der Waals surface area contributed by atoms with Crippen LogP contribution < -0.4 is 14.2 Å². The van der Waals surface area contributed by atoms with Gasteiger partial charge in [-0.15, -0.1) is 0 Å². The number of Topliss-reactive ketones (excluding diaryl/α,β-unsaturated/α-hetero) is 1. The molecule has 0 saturated heterocycles. The summed E-state index contributed by atoms with van der Waals surface area (Å²) in [7, 11) is 4.93. The first-order valence-electron chi connectivity index (χ1n) is 11.0. The number of hydrogen-bond acceptors (Lipinski definition) is 6. The number of aromatic nitrogens is 1. The molecule has 0 fully saturated rings. The summed E-state index contributed by atoms with van der Waals surface area (Å²) in [6.45, 7) is 0.300. The SMILES string of the molecule is COC(=O)c1ccc(COc2ccc3c(c2)O/C(=C\c2cn(C)c4ccc(OC)cc24)C3=O)cc1. The number of hydrogen-bond donors (Lipinski definition) is 0. The van der Waals surface area contributed by atoms with Crippen LogP contribution >= 0.6 is 0 Å². The van der Waals surface area contributed by atoms with Crippen LogP contribution in [0.15, 0.2) is 72.6 Å². The van der Waals surface area contributed by atoms with Crippen LogP contribution in [0.3, 0.4) is 0 Å². The minimum Gasteiger partial charge on any atom is -0.497 e. The van der Waals surface area contributed by atoms with Crippen molar-refractivity contribution in [3.63, 3.8) is 0 Å². The lowest BCUT2D eigenvalue weighted by molar-refractivity contribution is 0.0600. The number of fused-ring (bicyclic) bond motifs is 2. The predicted octanol–water partition coefficient (Wildman–Crippen LogP) is 5.17. The number of ether oxygens (including phenoxy) is 4. The first-order chi connectivity index (χ1) is 17.0. The van der Waals surface area contributed by atoms with Gasteiger partial charge in [-0.3, -0.25) is 4.79 Å². The molecular formula is C28H23NO6. The van der Waals surface area contributed by atoms with Gasteiger partial charge in [-0.25, -0.2) is 4.79 Å². The molecule has 0 unspecified atom stereocenters. The Kier molecular flexibility index (Phi) is 5.74. The summed E-state index contributed by atoms with van der Waals surface area (Å²) in [5.41, 5.74) is 3.75. The fourth-order valence-electron chi connectivity index (χ4n) is 4.06. The maximum absolute atomic E-state index is 13.0. The normalized spacial score (nSPS) is 13.6. The van der Waals surface area contributed by atoms with E-state index in [-0.39, 0.29) is 17.5 Å². The van der Waals surface area contributed by atoms with E-state index in [1.807, 2.05) is 36.0 Å². The van der Waals surface area contributed by atoms with E-state index in [4.69, 9.17) is 18.9 Å². The fourth-order valence-corrected chi connectivity index (χ4v) is 4.06. The first-order valence-corrected chi connectivity index (χ1v) is 11.0. The Morgan fingerprint density at radius 1 is 1.00 bits per heavy atom. The van der Waals surface area contributed by atoms with Gasteiger partial charge in [0.2, 0.25) is 5.78 Å². The van der Waals surface area contributed by atoms with Crippen molar-refractivity contribution in [3.05, 3.63) is 94.9 Å². The van der Waals surface area contributed by atoms with Crippen molar-refractivity contribution in [2.45, 2.75) is 6.61 Å². The number of aryl methyl sites for hydroxylation is 1. The van der Waals surface area contributed by atoms with E-state index >= 15 is 0 Å². The van der Waals surface area contributed by atoms with Crippen molar-refractivity contribution >= 4 is 28.7 Å². The maximum atomic E-state index is 13.0. The van der Waals surface area contributed by atoms with Crippen LogP contribution in [0.2, 0.25) is 0 Å². The predicted molar refractivity (Wildman–Crippen MR) is 131 cm³/mol. The summed E-state index contributed by atoms with van der Waals surface area (Å²) in [4.78, 5) is 24.5.